The van der Waals surface area contributed by atoms with Crippen LogP contribution in [0, 0.1) is 6.92 Å². The molecule has 1 atom stereocenters. The van der Waals surface area contributed by atoms with E-state index in [2.05, 4.69) is 46.4 Å². The number of amides is 1. The molecular weight excluding hydrogens is 424 g/mol. The van der Waals surface area contributed by atoms with Gasteiger partial charge in [0.15, 0.2) is 0 Å². The van der Waals surface area contributed by atoms with E-state index >= 15 is 0 Å². The third kappa shape index (κ3) is 6.01. The summed E-state index contributed by atoms with van der Waals surface area (Å²) in [5, 5.41) is 3.15. The molecule has 4 rings (SSSR count). The van der Waals surface area contributed by atoms with Crippen LogP contribution in [0.5, 0.6) is 0 Å². The molecular formula is C27H36N6O. The molecule has 1 unspecified atom stereocenters. The fourth-order valence-electron chi connectivity index (χ4n) is 4.82. The molecule has 34 heavy (non-hydrogen) atoms. The Bertz CT molecular complexity index is 1050. The maximum absolute atomic E-state index is 12.8. The second kappa shape index (κ2) is 11.8. The van der Waals surface area contributed by atoms with Crippen LogP contribution in [0.1, 0.15) is 62.3 Å². The van der Waals surface area contributed by atoms with Gasteiger partial charge in [0.05, 0.1) is 0 Å². The minimum atomic E-state index is 0.135. The molecule has 1 fully saturated rings. The Morgan fingerprint density at radius 3 is 2.76 bits per heavy atom. The Hall–Kier alpha value is -3.22. The maximum Gasteiger partial charge on any atom is 0.237 e. The van der Waals surface area contributed by atoms with Gasteiger partial charge in [-0.3, -0.25) is 9.36 Å². The first-order valence-corrected chi connectivity index (χ1v) is 12.6. The molecule has 2 aromatic heterocycles. The van der Waals surface area contributed by atoms with Gasteiger partial charge < -0.3 is 10.2 Å². The van der Waals surface area contributed by atoms with Gasteiger partial charge >= 0.3 is 0 Å². The van der Waals surface area contributed by atoms with Crippen LogP contribution in [-0.2, 0) is 17.6 Å². The van der Waals surface area contributed by atoms with E-state index in [0.717, 1.165) is 75.1 Å². The zero-order chi connectivity index (χ0) is 23.8. The van der Waals surface area contributed by atoms with Gasteiger partial charge in [-0.05, 0) is 57.4 Å². The molecule has 1 amide bonds. The van der Waals surface area contributed by atoms with Crippen LogP contribution in [0.2, 0.25) is 0 Å². The number of benzene rings is 1. The van der Waals surface area contributed by atoms with Crippen molar-refractivity contribution in [3.63, 3.8) is 0 Å². The first kappa shape index (κ1) is 23.9. The molecule has 1 N–H and O–H groups in total. The number of aryl methyl sites for hydroxylation is 2. The lowest BCUT2D eigenvalue weighted by molar-refractivity contribution is -0.121. The van der Waals surface area contributed by atoms with E-state index in [-0.39, 0.29) is 11.9 Å². The van der Waals surface area contributed by atoms with Crippen molar-refractivity contribution in [3.8, 4) is 5.95 Å². The quantitative estimate of drug-likeness (QED) is 0.453. The number of imidazole rings is 1. The number of hydrogen-bond donors (Lipinski definition) is 1. The van der Waals surface area contributed by atoms with Crippen LogP contribution in [-0.4, -0.2) is 44.6 Å². The molecule has 180 valence electrons. The normalized spacial score (nSPS) is 15.9. The number of anilines is 1. The summed E-state index contributed by atoms with van der Waals surface area (Å²) < 4.78 is 1.84. The summed E-state index contributed by atoms with van der Waals surface area (Å²) in [7, 11) is 0. The van der Waals surface area contributed by atoms with Crippen molar-refractivity contribution in [2.24, 2.45) is 0 Å². The summed E-state index contributed by atoms with van der Waals surface area (Å²) in [6.45, 7) is 5.84. The van der Waals surface area contributed by atoms with Crippen molar-refractivity contribution in [1.29, 1.82) is 0 Å². The van der Waals surface area contributed by atoms with Crippen molar-refractivity contribution in [2.45, 2.75) is 71.3 Å². The molecule has 0 spiro atoms. The summed E-state index contributed by atoms with van der Waals surface area (Å²) in [6, 6.07) is 10.7. The third-order valence-electron chi connectivity index (χ3n) is 6.65. The van der Waals surface area contributed by atoms with Crippen molar-refractivity contribution in [3.05, 3.63) is 65.9 Å². The molecule has 3 aromatic rings. The standard InChI is InChI=1S/C27H36N6O/c1-3-24-21(2)30-27(32-18-16-28-20-32)31-26(24)33-17-10-8-14-23(33)19-25(34)29-15-9-7-13-22-11-5-4-6-12-22/h4-6,11-12,16,18,20,23H,3,7-10,13-15,17,19H2,1-2H3,(H,29,34). The average Bonchev–Trinajstić information content (AvgIpc) is 3.39. The topological polar surface area (TPSA) is 75.9 Å². The SMILES string of the molecule is CCc1c(C)nc(-n2ccnc2)nc1N1CCCCC1CC(=O)NCCCCc1ccccc1. The van der Waals surface area contributed by atoms with Crippen molar-refractivity contribution < 1.29 is 4.79 Å². The second-order valence-electron chi connectivity index (χ2n) is 9.07. The highest BCUT2D eigenvalue weighted by Crippen LogP contribution is 2.30. The molecule has 1 saturated heterocycles. The lowest BCUT2D eigenvalue weighted by Crippen LogP contribution is -2.44. The predicted molar refractivity (Wildman–Crippen MR) is 135 cm³/mol. The molecule has 1 aliphatic rings. The van der Waals surface area contributed by atoms with Crippen LogP contribution in [0.15, 0.2) is 49.1 Å². The number of rotatable bonds is 10. The summed E-state index contributed by atoms with van der Waals surface area (Å²) in [6.07, 6.45) is 13.1. The fourth-order valence-corrected chi connectivity index (χ4v) is 4.82. The molecule has 0 bridgehead atoms. The fraction of sp³-hybridized carbons (Fsp3) is 0.481. The van der Waals surface area contributed by atoms with Gasteiger partial charge in [0.1, 0.15) is 12.1 Å². The van der Waals surface area contributed by atoms with E-state index < -0.39 is 0 Å². The number of piperidine rings is 1. The Kier molecular flexibility index (Phi) is 8.28. The predicted octanol–water partition coefficient (Wildman–Crippen LogP) is 4.42. The van der Waals surface area contributed by atoms with E-state index in [4.69, 9.17) is 9.97 Å². The van der Waals surface area contributed by atoms with E-state index in [0.29, 0.717) is 12.4 Å². The first-order chi connectivity index (χ1) is 16.7. The maximum atomic E-state index is 12.8. The molecule has 7 nitrogen and oxygen atoms in total. The molecule has 7 heteroatoms. The van der Waals surface area contributed by atoms with Gasteiger partial charge in [-0.15, -0.1) is 0 Å². The second-order valence-corrected chi connectivity index (χ2v) is 9.07. The molecule has 3 heterocycles. The van der Waals surface area contributed by atoms with Gasteiger partial charge in [-0.2, -0.15) is 4.98 Å². The van der Waals surface area contributed by atoms with Crippen molar-refractivity contribution in [1.82, 2.24) is 24.8 Å². The Labute approximate surface area is 202 Å². The molecule has 1 aliphatic heterocycles. The van der Waals surface area contributed by atoms with Crippen LogP contribution >= 0.6 is 0 Å². The number of nitrogens with zero attached hydrogens (tertiary/aromatic N) is 5. The van der Waals surface area contributed by atoms with Gasteiger partial charge in [0.25, 0.3) is 0 Å². The summed E-state index contributed by atoms with van der Waals surface area (Å²) in [4.78, 5) is 29.0. The van der Waals surface area contributed by atoms with Gasteiger partial charge in [-0.25, -0.2) is 9.97 Å². The van der Waals surface area contributed by atoms with Crippen molar-refractivity contribution >= 4 is 11.7 Å². The lowest BCUT2D eigenvalue weighted by Gasteiger charge is -2.37. The van der Waals surface area contributed by atoms with Crippen molar-refractivity contribution in [2.75, 3.05) is 18.0 Å². The largest absolute Gasteiger partial charge is 0.356 e. The van der Waals surface area contributed by atoms with E-state index in [9.17, 15) is 4.79 Å². The number of nitrogens with one attached hydrogen (secondary N) is 1. The Morgan fingerprint density at radius 1 is 1.15 bits per heavy atom. The number of unbranched alkanes of at least 4 members (excludes halogenated alkanes) is 1. The van der Waals surface area contributed by atoms with Crippen LogP contribution in [0.3, 0.4) is 0 Å². The van der Waals surface area contributed by atoms with Crippen LogP contribution < -0.4 is 10.2 Å². The van der Waals surface area contributed by atoms with Gasteiger partial charge in [0, 0.05) is 49.2 Å². The van der Waals surface area contributed by atoms with Crippen LogP contribution in [0.4, 0.5) is 5.82 Å². The highest BCUT2D eigenvalue weighted by Gasteiger charge is 2.28. The minimum absolute atomic E-state index is 0.135. The monoisotopic (exact) mass is 460 g/mol. The third-order valence-corrected chi connectivity index (χ3v) is 6.65. The Balaban J connectivity index is 1.38. The highest BCUT2D eigenvalue weighted by molar-refractivity contribution is 5.77. The van der Waals surface area contributed by atoms with E-state index in [1.54, 1.807) is 12.5 Å². The Morgan fingerprint density at radius 2 is 2.00 bits per heavy atom. The summed E-state index contributed by atoms with van der Waals surface area (Å²) in [5.41, 5.74) is 3.51. The van der Waals surface area contributed by atoms with E-state index in [1.165, 1.54) is 5.56 Å². The number of aromatic nitrogens is 4. The lowest BCUT2D eigenvalue weighted by atomic mass is 9.97. The zero-order valence-electron chi connectivity index (χ0n) is 20.4. The van der Waals surface area contributed by atoms with E-state index in [1.807, 2.05) is 23.8 Å². The minimum Gasteiger partial charge on any atom is -0.356 e. The smallest absolute Gasteiger partial charge is 0.237 e. The highest BCUT2D eigenvalue weighted by atomic mass is 16.1. The van der Waals surface area contributed by atoms with Crippen LogP contribution in [0.25, 0.3) is 5.95 Å². The summed E-state index contributed by atoms with van der Waals surface area (Å²) in [5.74, 6) is 1.74. The van der Waals surface area contributed by atoms with Gasteiger partial charge in [0.2, 0.25) is 11.9 Å². The zero-order valence-corrected chi connectivity index (χ0v) is 20.4. The number of carbonyl (C=O) groups is 1. The molecule has 0 aliphatic carbocycles. The molecule has 1 aromatic carbocycles. The number of hydrogen-bond acceptors (Lipinski definition) is 5. The molecule has 0 saturated carbocycles. The average molecular weight is 461 g/mol. The summed E-state index contributed by atoms with van der Waals surface area (Å²) >= 11 is 0. The molecule has 0 radical (unpaired) electrons. The first-order valence-electron chi connectivity index (χ1n) is 12.6. The number of carbonyl (C=O) groups excluding carboxylic acids is 1. The van der Waals surface area contributed by atoms with Gasteiger partial charge in [-0.1, -0.05) is 37.3 Å².